The minimum absolute atomic E-state index is 0.0895. The number of hydrogen-bond acceptors (Lipinski definition) is 6. The summed E-state index contributed by atoms with van der Waals surface area (Å²) in [5.74, 6) is -0.916. The Labute approximate surface area is 470 Å². The number of unbranched alkanes of at least 4 members (excludes halogenated alkanes) is 31. The Bertz CT molecular complexity index is 1490. The van der Waals surface area contributed by atoms with Gasteiger partial charge in [0.1, 0.15) is 13.2 Å². The first kappa shape index (κ1) is 72.3. The molecule has 6 heteroatoms. The van der Waals surface area contributed by atoms with Gasteiger partial charge in [-0.15, -0.1) is 0 Å². The largest absolute Gasteiger partial charge is 0.462 e. The Balaban J connectivity index is 4.40. The van der Waals surface area contributed by atoms with Gasteiger partial charge >= 0.3 is 17.9 Å². The Morgan fingerprint density at radius 1 is 0.276 bits per heavy atom. The molecular weight excluding hydrogens is 937 g/mol. The quantitative estimate of drug-likeness (QED) is 0.0261. The van der Waals surface area contributed by atoms with Crippen molar-refractivity contribution in [1.29, 1.82) is 0 Å². The summed E-state index contributed by atoms with van der Waals surface area (Å²) in [4.78, 5) is 38.4. The number of esters is 3. The first-order chi connectivity index (χ1) is 37.5. The second-order valence-corrected chi connectivity index (χ2v) is 21.3. The van der Waals surface area contributed by atoms with Crippen LogP contribution >= 0.6 is 0 Å². The summed E-state index contributed by atoms with van der Waals surface area (Å²) in [7, 11) is 0. The van der Waals surface area contributed by atoms with Crippen molar-refractivity contribution >= 4 is 17.9 Å². The van der Waals surface area contributed by atoms with Crippen LogP contribution in [0.25, 0.3) is 0 Å². The molecule has 0 aliphatic rings. The molecule has 0 spiro atoms. The first-order valence-electron chi connectivity index (χ1n) is 32.2. The van der Waals surface area contributed by atoms with E-state index in [2.05, 4.69) is 118 Å². The maximum absolute atomic E-state index is 12.9. The molecule has 0 radical (unpaired) electrons. The van der Waals surface area contributed by atoms with Crippen molar-refractivity contribution < 1.29 is 28.6 Å². The molecule has 0 aromatic carbocycles. The second-order valence-electron chi connectivity index (χ2n) is 21.3. The number of ether oxygens (including phenoxy) is 3. The minimum atomic E-state index is -0.797. The highest BCUT2D eigenvalue weighted by molar-refractivity contribution is 5.71. The third kappa shape index (κ3) is 61.2. The summed E-state index contributed by atoms with van der Waals surface area (Å²) in [6.45, 7) is 6.42. The van der Waals surface area contributed by atoms with E-state index in [-0.39, 0.29) is 31.1 Å². The summed E-state index contributed by atoms with van der Waals surface area (Å²) in [6, 6.07) is 0. The fraction of sp³-hybridized carbons (Fsp3) is 0.729. The van der Waals surface area contributed by atoms with Crippen molar-refractivity contribution in [1.82, 2.24) is 0 Å². The van der Waals surface area contributed by atoms with Crippen molar-refractivity contribution in [3.63, 3.8) is 0 Å². The Hall–Kier alpha value is -3.67. The van der Waals surface area contributed by atoms with Crippen molar-refractivity contribution in [2.75, 3.05) is 13.2 Å². The van der Waals surface area contributed by atoms with Gasteiger partial charge in [-0.3, -0.25) is 14.4 Å². The Morgan fingerprint density at radius 3 is 0.803 bits per heavy atom. The van der Waals surface area contributed by atoms with Gasteiger partial charge in [-0.1, -0.05) is 291 Å². The van der Waals surface area contributed by atoms with E-state index in [9.17, 15) is 14.4 Å². The first-order valence-corrected chi connectivity index (χ1v) is 32.2. The fourth-order valence-electron chi connectivity index (χ4n) is 9.07. The highest BCUT2D eigenvalue weighted by atomic mass is 16.6. The van der Waals surface area contributed by atoms with Crippen molar-refractivity contribution in [2.24, 2.45) is 0 Å². The van der Waals surface area contributed by atoms with Gasteiger partial charge < -0.3 is 14.2 Å². The molecule has 436 valence electrons. The molecule has 0 saturated heterocycles. The summed E-state index contributed by atoms with van der Waals surface area (Å²) >= 11 is 0. The number of hydrogen-bond donors (Lipinski definition) is 0. The molecule has 76 heavy (non-hydrogen) atoms. The number of carbonyl (C=O) groups excluding carboxylic acids is 3. The zero-order valence-electron chi connectivity index (χ0n) is 50.0. The smallest absolute Gasteiger partial charge is 0.306 e. The molecule has 0 bridgehead atoms. The van der Waals surface area contributed by atoms with E-state index < -0.39 is 6.10 Å². The van der Waals surface area contributed by atoms with Gasteiger partial charge in [-0.2, -0.15) is 0 Å². The van der Waals surface area contributed by atoms with Gasteiger partial charge in [0.15, 0.2) is 6.10 Å². The maximum atomic E-state index is 12.9. The van der Waals surface area contributed by atoms with Crippen LogP contribution in [0.1, 0.15) is 310 Å². The number of allylic oxidation sites excluding steroid dienone is 16. The third-order valence-electron chi connectivity index (χ3n) is 13.8. The number of rotatable bonds is 58. The van der Waals surface area contributed by atoms with E-state index in [1.54, 1.807) is 0 Å². The van der Waals surface area contributed by atoms with Crippen molar-refractivity contribution in [3.8, 4) is 0 Å². The van der Waals surface area contributed by atoms with Gasteiger partial charge in [0.25, 0.3) is 0 Å². The van der Waals surface area contributed by atoms with E-state index in [4.69, 9.17) is 14.2 Å². The lowest BCUT2D eigenvalue weighted by atomic mass is 10.0. The van der Waals surface area contributed by atoms with Crippen LogP contribution in [0.5, 0.6) is 0 Å². The van der Waals surface area contributed by atoms with Crippen LogP contribution in [-0.4, -0.2) is 37.2 Å². The second kappa shape index (κ2) is 63.9. The normalized spacial score (nSPS) is 12.7. The molecule has 6 nitrogen and oxygen atoms in total. The summed E-state index contributed by atoms with van der Waals surface area (Å²) in [5.41, 5.74) is 0. The Morgan fingerprint density at radius 2 is 0.513 bits per heavy atom. The maximum Gasteiger partial charge on any atom is 0.306 e. The van der Waals surface area contributed by atoms with Gasteiger partial charge in [-0.25, -0.2) is 0 Å². The van der Waals surface area contributed by atoms with Crippen molar-refractivity contribution in [2.45, 2.75) is 316 Å². The predicted octanol–water partition coefficient (Wildman–Crippen LogP) is 22.0. The van der Waals surface area contributed by atoms with Crippen molar-refractivity contribution in [3.05, 3.63) is 97.2 Å². The summed E-state index contributed by atoms with van der Waals surface area (Å²) < 4.78 is 16.9. The molecule has 1 unspecified atom stereocenters. The van der Waals surface area contributed by atoms with Crippen LogP contribution in [0.3, 0.4) is 0 Å². The van der Waals surface area contributed by atoms with Crippen LogP contribution in [0.15, 0.2) is 97.2 Å². The topological polar surface area (TPSA) is 78.9 Å². The average molecular weight is 1060 g/mol. The molecule has 0 saturated carbocycles. The molecular formula is C70H120O6. The van der Waals surface area contributed by atoms with E-state index >= 15 is 0 Å². The van der Waals surface area contributed by atoms with Gasteiger partial charge in [0, 0.05) is 19.3 Å². The van der Waals surface area contributed by atoms with Gasteiger partial charge in [0.2, 0.25) is 0 Å². The summed E-state index contributed by atoms with van der Waals surface area (Å²) in [5, 5.41) is 0. The third-order valence-corrected chi connectivity index (χ3v) is 13.8. The SMILES string of the molecule is CC/C=C\C/C=C\C/C=C\C/C=C\CCCCCCCCC(=O)OC(COC(=O)CCCCCC/C=C\C/C=C\C/C=C\C/C=C\CC)COC(=O)CCCCCCCCCCCCCCCCCCCCCCCC. The molecule has 0 aliphatic heterocycles. The predicted molar refractivity (Wildman–Crippen MR) is 330 cm³/mol. The lowest BCUT2D eigenvalue weighted by Gasteiger charge is -2.18. The molecule has 0 amide bonds. The lowest BCUT2D eigenvalue weighted by Crippen LogP contribution is -2.30. The van der Waals surface area contributed by atoms with E-state index in [1.807, 2.05) is 0 Å². The number of carbonyl (C=O) groups is 3. The Kier molecular flexibility index (Phi) is 60.8. The molecule has 0 aromatic heterocycles. The molecule has 0 heterocycles. The highest BCUT2D eigenvalue weighted by Gasteiger charge is 2.19. The van der Waals surface area contributed by atoms with E-state index in [1.165, 1.54) is 135 Å². The molecule has 0 aromatic rings. The zero-order chi connectivity index (χ0) is 55.0. The lowest BCUT2D eigenvalue weighted by molar-refractivity contribution is -0.167. The molecule has 0 aliphatic carbocycles. The van der Waals surface area contributed by atoms with Crippen LogP contribution in [-0.2, 0) is 28.6 Å². The minimum Gasteiger partial charge on any atom is -0.462 e. The van der Waals surface area contributed by atoms with E-state index in [0.29, 0.717) is 19.3 Å². The highest BCUT2D eigenvalue weighted by Crippen LogP contribution is 2.17. The standard InChI is InChI=1S/C70H120O6/c1-4-7-10-13-16-19-22-25-28-31-33-34-35-37-39-42-45-48-51-54-57-60-63-69(72)75-66-67(65-74-68(71)62-59-56-53-50-47-44-41-38-30-27-24-21-18-15-12-9-6-3)76-70(73)64-61-58-55-52-49-46-43-40-36-32-29-26-23-20-17-14-11-8-5-2/h8-9,11-12,17-18,20-21,26-27,29-30,36,40-41,44,67H,4-7,10,13-16,19,22-25,28,31-35,37-39,42-43,45-66H2,1-3H3/b11-8-,12-9-,20-17-,21-18-,29-26-,30-27-,40-36-,44-41-. The van der Waals surface area contributed by atoms with E-state index in [0.717, 1.165) is 135 Å². The summed E-state index contributed by atoms with van der Waals surface area (Å²) in [6.07, 6.45) is 85.6. The van der Waals surface area contributed by atoms with Gasteiger partial charge in [-0.05, 0) is 96.3 Å². The fourth-order valence-corrected chi connectivity index (χ4v) is 9.07. The van der Waals surface area contributed by atoms with Crippen LogP contribution in [0, 0.1) is 0 Å². The van der Waals surface area contributed by atoms with Crippen LogP contribution < -0.4 is 0 Å². The molecule has 0 fully saturated rings. The van der Waals surface area contributed by atoms with Crippen LogP contribution in [0.4, 0.5) is 0 Å². The van der Waals surface area contributed by atoms with Crippen LogP contribution in [0.2, 0.25) is 0 Å². The zero-order valence-corrected chi connectivity index (χ0v) is 50.0. The monoisotopic (exact) mass is 1060 g/mol. The molecule has 0 N–H and O–H groups in total. The van der Waals surface area contributed by atoms with Gasteiger partial charge in [0.05, 0.1) is 0 Å². The molecule has 0 rings (SSSR count). The molecule has 1 atom stereocenters. The average Bonchev–Trinajstić information content (AvgIpc) is 3.42.